The van der Waals surface area contributed by atoms with Crippen LogP contribution in [0.25, 0.3) is 0 Å². The van der Waals surface area contributed by atoms with Crippen molar-refractivity contribution >= 4 is 0 Å². The molecule has 0 atom stereocenters. The van der Waals surface area contributed by atoms with E-state index in [0.29, 0.717) is 19.6 Å². The third-order valence-electron chi connectivity index (χ3n) is 3.32. The number of aryl methyl sites for hydroxylation is 2. The van der Waals surface area contributed by atoms with Crippen molar-refractivity contribution in [2.45, 2.75) is 26.9 Å². The summed E-state index contributed by atoms with van der Waals surface area (Å²) in [5.74, 6) is -0.0482. The average Bonchev–Trinajstić information content (AvgIpc) is 2.42. The molecule has 2 nitrogen and oxygen atoms in total. The highest BCUT2D eigenvalue weighted by Gasteiger charge is 2.06. The van der Waals surface area contributed by atoms with E-state index in [1.807, 2.05) is 19.9 Å². The number of hydrogen-bond acceptors (Lipinski definition) is 2. The Kier molecular flexibility index (Phi) is 4.74. The van der Waals surface area contributed by atoms with Crippen molar-refractivity contribution in [3.63, 3.8) is 0 Å². The zero-order chi connectivity index (χ0) is 14.5. The molecule has 0 aliphatic rings. The van der Waals surface area contributed by atoms with E-state index in [1.165, 1.54) is 11.6 Å². The number of hydrogen-bond donors (Lipinski definition) is 1. The first-order valence-corrected chi connectivity index (χ1v) is 6.77. The fraction of sp³-hybridized carbons (Fsp3) is 0.294. The Balaban J connectivity index is 2.09. The van der Waals surface area contributed by atoms with E-state index in [1.54, 1.807) is 6.07 Å². The highest BCUT2D eigenvalue weighted by molar-refractivity contribution is 5.32. The van der Waals surface area contributed by atoms with Crippen molar-refractivity contribution in [3.05, 3.63) is 64.5 Å². The molecule has 0 bridgehead atoms. The van der Waals surface area contributed by atoms with Gasteiger partial charge in [-0.05, 0) is 55.6 Å². The van der Waals surface area contributed by atoms with Crippen molar-refractivity contribution < 1.29 is 9.13 Å². The Hall–Kier alpha value is -1.87. The maximum atomic E-state index is 13.9. The third kappa shape index (κ3) is 3.58. The molecule has 0 aromatic heterocycles. The lowest BCUT2D eigenvalue weighted by molar-refractivity contribution is 0.289. The van der Waals surface area contributed by atoms with Gasteiger partial charge in [0, 0.05) is 0 Å². The van der Waals surface area contributed by atoms with Crippen LogP contribution in [0.5, 0.6) is 5.75 Å². The molecule has 20 heavy (non-hydrogen) atoms. The van der Waals surface area contributed by atoms with Crippen LogP contribution in [0.15, 0.2) is 36.4 Å². The lowest BCUT2D eigenvalue weighted by atomic mass is 10.1. The molecule has 106 valence electrons. The molecule has 0 spiro atoms. The van der Waals surface area contributed by atoms with Crippen LogP contribution < -0.4 is 10.5 Å². The number of benzene rings is 2. The van der Waals surface area contributed by atoms with Crippen molar-refractivity contribution in [1.29, 1.82) is 0 Å². The molecular formula is C17H20FNO. The monoisotopic (exact) mass is 273 g/mol. The summed E-state index contributed by atoms with van der Waals surface area (Å²) in [5, 5.41) is 0. The van der Waals surface area contributed by atoms with Crippen LogP contribution in [0.4, 0.5) is 4.39 Å². The van der Waals surface area contributed by atoms with E-state index in [9.17, 15) is 4.39 Å². The predicted molar refractivity (Wildman–Crippen MR) is 79.4 cm³/mol. The Labute approximate surface area is 119 Å². The van der Waals surface area contributed by atoms with Crippen LogP contribution >= 0.6 is 0 Å². The zero-order valence-electron chi connectivity index (χ0n) is 11.9. The van der Waals surface area contributed by atoms with Gasteiger partial charge in [0.05, 0.1) is 0 Å². The first-order chi connectivity index (χ1) is 9.60. The minimum Gasteiger partial charge on any atom is -0.486 e. The van der Waals surface area contributed by atoms with Gasteiger partial charge in [-0.3, -0.25) is 0 Å². The summed E-state index contributed by atoms with van der Waals surface area (Å²) in [5.41, 5.74) is 9.76. The molecule has 2 rings (SSSR count). The fourth-order valence-electron chi connectivity index (χ4n) is 2.09. The molecular weight excluding hydrogens is 253 g/mol. The van der Waals surface area contributed by atoms with Crippen molar-refractivity contribution in [2.75, 3.05) is 6.54 Å². The average molecular weight is 273 g/mol. The van der Waals surface area contributed by atoms with Crippen LogP contribution in [-0.4, -0.2) is 6.54 Å². The van der Waals surface area contributed by atoms with Crippen LogP contribution in [-0.2, 0) is 13.0 Å². The van der Waals surface area contributed by atoms with Crippen LogP contribution in [0.1, 0.15) is 22.3 Å². The summed E-state index contributed by atoms with van der Waals surface area (Å²) in [4.78, 5) is 0. The van der Waals surface area contributed by atoms with Crippen molar-refractivity contribution in [2.24, 2.45) is 5.73 Å². The van der Waals surface area contributed by atoms with Gasteiger partial charge in [-0.25, -0.2) is 4.39 Å². The summed E-state index contributed by atoms with van der Waals surface area (Å²) in [7, 11) is 0. The van der Waals surface area contributed by atoms with Gasteiger partial charge in [0.1, 0.15) is 6.61 Å². The fourth-order valence-corrected chi connectivity index (χ4v) is 2.09. The van der Waals surface area contributed by atoms with E-state index in [4.69, 9.17) is 10.5 Å². The molecule has 0 radical (unpaired) electrons. The molecule has 2 N–H and O–H groups in total. The molecule has 0 saturated heterocycles. The van der Waals surface area contributed by atoms with E-state index in [2.05, 4.69) is 18.2 Å². The van der Waals surface area contributed by atoms with Crippen molar-refractivity contribution in [3.8, 4) is 5.75 Å². The molecule has 0 amide bonds. The van der Waals surface area contributed by atoms with E-state index < -0.39 is 0 Å². The number of halogens is 1. The van der Waals surface area contributed by atoms with Gasteiger partial charge in [-0.2, -0.15) is 0 Å². The molecule has 3 heteroatoms. The summed E-state index contributed by atoms with van der Waals surface area (Å²) in [6.45, 7) is 4.95. The Morgan fingerprint density at radius 3 is 2.60 bits per heavy atom. The number of ether oxygens (including phenoxy) is 1. The lowest BCUT2D eigenvalue weighted by Crippen LogP contribution is -2.04. The predicted octanol–water partition coefficient (Wildman–Crippen LogP) is 3.52. The second kappa shape index (κ2) is 6.53. The van der Waals surface area contributed by atoms with Gasteiger partial charge in [0.2, 0.25) is 0 Å². The summed E-state index contributed by atoms with van der Waals surface area (Å²) in [6, 6.07) is 11.2. The molecule has 0 aliphatic heterocycles. The molecule has 0 saturated carbocycles. The van der Waals surface area contributed by atoms with Crippen molar-refractivity contribution in [1.82, 2.24) is 0 Å². The van der Waals surface area contributed by atoms with E-state index in [0.717, 1.165) is 16.7 Å². The first kappa shape index (κ1) is 14.5. The van der Waals surface area contributed by atoms with Gasteiger partial charge in [0.25, 0.3) is 0 Å². The molecule has 0 heterocycles. The summed E-state index contributed by atoms with van der Waals surface area (Å²) >= 11 is 0. The maximum absolute atomic E-state index is 13.9. The largest absolute Gasteiger partial charge is 0.486 e. The van der Waals surface area contributed by atoms with Gasteiger partial charge >= 0.3 is 0 Å². The molecule has 0 aliphatic carbocycles. The van der Waals surface area contributed by atoms with E-state index in [-0.39, 0.29) is 11.6 Å². The van der Waals surface area contributed by atoms with Gasteiger partial charge < -0.3 is 10.5 Å². The Bertz CT molecular complexity index is 596. The third-order valence-corrected chi connectivity index (χ3v) is 3.32. The highest BCUT2D eigenvalue weighted by Crippen LogP contribution is 2.21. The quantitative estimate of drug-likeness (QED) is 0.904. The normalized spacial score (nSPS) is 10.6. The van der Waals surface area contributed by atoms with Crippen LogP contribution in [0, 0.1) is 19.7 Å². The first-order valence-electron chi connectivity index (χ1n) is 6.77. The van der Waals surface area contributed by atoms with Gasteiger partial charge in [-0.15, -0.1) is 0 Å². The van der Waals surface area contributed by atoms with Crippen LogP contribution in [0.2, 0.25) is 0 Å². The standard InChI is InChI=1S/C17H20FNO/c1-12-3-4-13(2)15(9-12)11-20-17-6-5-14(7-8-19)10-16(17)18/h3-6,9-10H,7-8,11,19H2,1-2H3. The topological polar surface area (TPSA) is 35.2 Å². The minimum absolute atomic E-state index is 0.284. The summed E-state index contributed by atoms with van der Waals surface area (Å²) < 4.78 is 19.5. The second-order valence-electron chi connectivity index (χ2n) is 5.02. The Morgan fingerprint density at radius 2 is 1.90 bits per heavy atom. The second-order valence-corrected chi connectivity index (χ2v) is 5.02. The molecule has 2 aromatic carbocycles. The molecule has 0 fully saturated rings. The number of nitrogens with two attached hydrogens (primary N) is 1. The summed E-state index contributed by atoms with van der Waals surface area (Å²) in [6.07, 6.45) is 0.675. The smallest absolute Gasteiger partial charge is 0.165 e. The molecule has 2 aromatic rings. The van der Waals surface area contributed by atoms with Crippen LogP contribution in [0.3, 0.4) is 0 Å². The lowest BCUT2D eigenvalue weighted by Gasteiger charge is -2.11. The van der Waals surface area contributed by atoms with E-state index >= 15 is 0 Å². The van der Waals surface area contributed by atoms with Gasteiger partial charge in [0.15, 0.2) is 11.6 Å². The number of rotatable bonds is 5. The maximum Gasteiger partial charge on any atom is 0.165 e. The minimum atomic E-state index is -0.332. The highest BCUT2D eigenvalue weighted by atomic mass is 19.1. The molecule has 0 unspecified atom stereocenters. The SMILES string of the molecule is Cc1ccc(C)c(COc2ccc(CCN)cc2F)c1. The van der Waals surface area contributed by atoms with Gasteiger partial charge in [-0.1, -0.05) is 29.8 Å². The zero-order valence-corrected chi connectivity index (χ0v) is 11.9. The Morgan fingerprint density at radius 1 is 1.10 bits per heavy atom.